The van der Waals surface area contributed by atoms with Gasteiger partial charge in [-0.1, -0.05) is 24.3 Å². The third kappa shape index (κ3) is 3.55. The second-order valence-electron chi connectivity index (χ2n) is 8.12. The van der Waals surface area contributed by atoms with Gasteiger partial charge in [0.05, 0.1) is 28.6 Å². The molecule has 5 aromatic carbocycles. The van der Waals surface area contributed by atoms with Gasteiger partial charge in [-0.2, -0.15) is 0 Å². The Bertz CT molecular complexity index is 1630. The molecule has 37 heavy (non-hydrogen) atoms. The van der Waals surface area contributed by atoms with Gasteiger partial charge >= 0.3 is 23.9 Å². The Kier molecular flexibility index (Phi) is 5.41. The molecule has 0 saturated heterocycles. The standard InChI is InChI=1S/C24H12O8.C3H4N2/c25-21(26)13-5-1-9-10-2-6-15(23(29)30)20-16(24(31)32)8-4-12(18(10)20)11-3-7-14(22(27)28)19(13)17(9)11;1-2-5-3-4-1/h1-8H,(H,25,26)(H,27,28)(H,29,30)(H,31,32);1-3H,(H,4,5). The van der Waals surface area contributed by atoms with Crippen LogP contribution in [0.15, 0.2) is 67.3 Å². The summed E-state index contributed by atoms with van der Waals surface area (Å²) in [6.07, 6.45) is 5.08. The molecule has 1 heterocycles. The van der Waals surface area contributed by atoms with Crippen molar-refractivity contribution in [2.75, 3.05) is 0 Å². The maximum atomic E-state index is 11.9. The lowest BCUT2D eigenvalue weighted by molar-refractivity contribution is 0.0681. The second kappa shape index (κ2) is 8.61. The molecule has 0 spiro atoms. The molecule has 6 aromatic rings. The Labute approximate surface area is 206 Å². The van der Waals surface area contributed by atoms with Crippen molar-refractivity contribution < 1.29 is 39.6 Å². The van der Waals surface area contributed by atoms with E-state index in [1.165, 1.54) is 48.5 Å². The van der Waals surface area contributed by atoms with Crippen molar-refractivity contribution in [3.8, 4) is 0 Å². The quantitative estimate of drug-likeness (QED) is 0.167. The summed E-state index contributed by atoms with van der Waals surface area (Å²) in [6, 6.07) is 11.4. The average molecular weight is 496 g/mol. The van der Waals surface area contributed by atoms with E-state index < -0.39 is 23.9 Å². The smallest absolute Gasteiger partial charge is 0.336 e. The summed E-state index contributed by atoms with van der Waals surface area (Å²) in [5.74, 6) is -5.13. The summed E-state index contributed by atoms with van der Waals surface area (Å²) < 4.78 is 0. The number of aromatic amines is 1. The Balaban J connectivity index is 0.000000503. The van der Waals surface area contributed by atoms with Crippen LogP contribution in [0.5, 0.6) is 0 Å². The number of fused-ring (bicyclic) bond motifs is 2. The first-order valence-corrected chi connectivity index (χ1v) is 10.8. The van der Waals surface area contributed by atoms with Crippen LogP contribution in [0.3, 0.4) is 0 Å². The highest BCUT2D eigenvalue weighted by atomic mass is 16.4. The van der Waals surface area contributed by atoms with Crippen LogP contribution in [0, 0.1) is 0 Å². The second-order valence-corrected chi connectivity index (χ2v) is 8.12. The first-order valence-electron chi connectivity index (χ1n) is 10.8. The minimum absolute atomic E-state index is 0.0587. The zero-order chi connectivity index (χ0) is 26.4. The van der Waals surface area contributed by atoms with Gasteiger partial charge in [-0.05, 0) is 56.6 Å². The van der Waals surface area contributed by atoms with E-state index in [9.17, 15) is 39.6 Å². The SMILES string of the molecule is O=C(O)c1ccc2c3ccc(C(=O)O)c4c(C(=O)O)ccc(c5ccc(C(=O)O)c1c25)c43.c1c[nH]cn1. The predicted molar refractivity (Wildman–Crippen MR) is 134 cm³/mol. The third-order valence-corrected chi connectivity index (χ3v) is 6.23. The minimum atomic E-state index is -1.28. The molecule has 0 aliphatic carbocycles. The number of carboxylic acids is 4. The van der Waals surface area contributed by atoms with Crippen LogP contribution in [-0.4, -0.2) is 54.3 Å². The number of hydrogen-bond acceptors (Lipinski definition) is 5. The topological polar surface area (TPSA) is 178 Å². The first-order chi connectivity index (χ1) is 17.7. The van der Waals surface area contributed by atoms with Crippen LogP contribution in [0.1, 0.15) is 41.4 Å². The Morgan fingerprint density at radius 1 is 0.514 bits per heavy atom. The zero-order valence-electron chi connectivity index (χ0n) is 18.7. The van der Waals surface area contributed by atoms with Crippen LogP contribution < -0.4 is 0 Å². The van der Waals surface area contributed by atoms with Gasteiger partial charge in [-0.15, -0.1) is 0 Å². The summed E-state index contributed by atoms with van der Waals surface area (Å²) in [5.41, 5.74) is -0.696. The maximum Gasteiger partial charge on any atom is 0.336 e. The molecular weight excluding hydrogens is 480 g/mol. The monoisotopic (exact) mass is 496 g/mol. The molecule has 0 amide bonds. The van der Waals surface area contributed by atoms with Crippen molar-refractivity contribution in [1.29, 1.82) is 0 Å². The van der Waals surface area contributed by atoms with Gasteiger partial charge in [0.25, 0.3) is 0 Å². The van der Waals surface area contributed by atoms with Gasteiger partial charge in [0.15, 0.2) is 0 Å². The lowest BCUT2D eigenvalue weighted by Gasteiger charge is -2.18. The fraction of sp³-hybridized carbons (Fsp3) is 0. The number of hydrogen-bond donors (Lipinski definition) is 5. The first kappa shape index (κ1) is 23.2. The van der Waals surface area contributed by atoms with Crippen LogP contribution in [0.25, 0.3) is 43.1 Å². The molecular formula is C27H16N2O8. The molecule has 0 atom stereocenters. The van der Waals surface area contributed by atoms with E-state index in [-0.39, 0.29) is 33.0 Å². The van der Waals surface area contributed by atoms with E-state index in [0.717, 1.165) is 0 Å². The molecule has 0 aliphatic heterocycles. The molecule has 5 N–H and O–H groups in total. The molecule has 10 nitrogen and oxygen atoms in total. The van der Waals surface area contributed by atoms with E-state index in [0.29, 0.717) is 32.3 Å². The largest absolute Gasteiger partial charge is 0.478 e. The highest BCUT2D eigenvalue weighted by Crippen LogP contribution is 2.43. The number of aromatic carboxylic acids is 4. The molecule has 182 valence electrons. The van der Waals surface area contributed by atoms with Crippen LogP contribution in [0.2, 0.25) is 0 Å². The number of nitrogens with zero attached hydrogens (tertiary/aromatic N) is 1. The van der Waals surface area contributed by atoms with Crippen molar-refractivity contribution >= 4 is 67.0 Å². The van der Waals surface area contributed by atoms with Crippen molar-refractivity contribution in [2.24, 2.45) is 0 Å². The van der Waals surface area contributed by atoms with Gasteiger partial charge in [0.2, 0.25) is 0 Å². The van der Waals surface area contributed by atoms with Gasteiger partial charge in [-0.3, -0.25) is 0 Å². The normalized spacial score (nSPS) is 11.0. The minimum Gasteiger partial charge on any atom is -0.478 e. The summed E-state index contributed by atoms with van der Waals surface area (Å²) >= 11 is 0. The highest BCUT2D eigenvalue weighted by molar-refractivity contribution is 6.38. The number of carboxylic acid groups (broad SMARTS) is 4. The molecule has 6 rings (SSSR count). The number of H-pyrrole nitrogens is 1. The number of benzene rings is 5. The Hall–Kier alpha value is -5.51. The molecule has 1 aromatic heterocycles. The van der Waals surface area contributed by atoms with E-state index >= 15 is 0 Å². The van der Waals surface area contributed by atoms with Crippen molar-refractivity contribution in [3.63, 3.8) is 0 Å². The number of rotatable bonds is 4. The number of aromatic nitrogens is 2. The van der Waals surface area contributed by atoms with Gasteiger partial charge < -0.3 is 25.4 Å². The Morgan fingerprint density at radius 2 is 0.838 bits per heavy atom. The van der Waals surface area contributed by atoms with Crippen LogP contribution >= 0.6 is 0 Å². The molecule has 0 bridgehead atoms. The maximum absolute atomic E-state index is 11.9. The van der Waals surface area contributed by atoms with E-state index in [1.807, 2.05) is 0 Å². The average Bonchev–Trinajstić information content (AvgIpc) is 3.46. The van der Waals surface area contributed by atoms with Crippen LogP contribution in [-0.2, 0) is 0 Å². The van der Waals surface area contributed by atoms with Crippen molar-refractivity contribution in [2.45, 2.75) is 0 Å². The lowest BCUT2D eigenvalue weighted by atomic mass is 9.84. The van der Waals surface area contributed by atoms with E-state index in [2.05, 4.69) is 9.97 Å². The van der Waals surface area contributed by atoms with Crippen LogP contribution in [0.4, 0.5) is 0 Å². The summed E-state index contributed by atoms with van der Waals surface area (Å²) in [6.45, 7) is 0. The van der Waals surface area contributed by atoms with Gasteiger partial charge in [0.1, 0.15) is 0 Å². The van der Waals surface area contributed by atoms with Gasteiger partial charge in [-0.25, -0.2) is 24.2 Å². The number of imidazole rings is 1. The lowest BCUT2D eigenvalue weighted by Crippen LogP contribution is -2.07. The fourth-order valence-electron chi connectivity index (χ4n) is 4.82. The third-order valence-electron chi connectivity index (χ3n) is 6.23. The summed E-state index contributed by atoms with van der Waals surface area (Å²) in [7, 11) is 0. The molecule has 0 fully saturated rings. The number of carbonyl (C=O) groups is 4. The predicted octanol–water partition coefficient (Wildman–Crippen LogP) is 4.94. The molecule has 0 aliphatic rings. The zero-order valence-corrected chi connectivity index (χ0v) is 18.7. The van der Waals surface area contributed by atoms with Gasteiger partial charge in [0, 0.05) is 23.2 Å². The van der Waals surface area contributed by atoms with Crippen molar-refractivity contribution in [1.82, 2.24) is 9.97 Å². The van der Waals surface area contributed by atoms with E-state index in [1.54, 1.807) is 18.7 Å². The number of nitrogens with one attached hydrogen (secondary N) is 1. The summed E-state index contributed by atoms with van der Waals surface area (Å²) in [4.78, 5) is 53.9. The van der Waals surface area contributed by atoms with Crippen molar-refractivity contribution in [3.05, 3.63) is 89.5 Å². The highest BCUT2D eigenvalue weighted by Gasteiger charge is 2.25. The molecule has 0 saturated carbocycles. The molecule has 0 radical (unpaired) electrons. The molecule has 0 unspecified atom stereocenters. The Morgan fingerprint density at radius 3 is 1.03 bits per heavy atom. The molecule has 10 heteroatoms. The fourth-order valence-corrected chi connectivity index (χ4v) is 4.82. The van der Waals surface area contributed by atoms with E-state index in [4.69, 9.17) is 0 Å². The summed E-state index contributed by atoms with van der Waals surface area (Å²) in [5, 5.41) is 41.7.